The number of hydrogen-bond acceptors (Lipinski definition) is 4. The van der Waals surface area contributed by atoms with Crippen molar-refractivity contribution in [2.45, 2.75) is 26.6 Å². The smallest absolute Gasteiger partial charge is 0.208 e. The zero-order valence-corrected chi connectivity index (χ0v) is 13.9. The lowest BCUT2D eigenvalue weighted by Gasteiger charge is -2.21. The van der Waals surface area contributed by atoms with Crippen molar-refractivity contribution in [2.24, 2.45) is 0 Å². The third kappa shape index (κ3) is 4.75. The maximum Gasteiger partial charge on any atom is 0.208 e. The first-order valence-corrected chi connectivity index (χ1v) is 7.99. The van der Waals surface area contributed by atoms with Gasteiger partial charge < -0.3 is 4.42 Å². The molecule has 25 heavy (non-hydrogen) atoms. The van der Waals surface area contributed by atoms with Crippen LogP contribution in [-0.4, -0.2) is 9.88 Å². The number of hydrogen-bond donors (Lipinski definition) is 0. The number of aryl methyl sites for hydroxylation is 1. The fourth-order valence-electron chi connectivity index (χ4n) is 2.67. The molecule has 0 aliphatic carbocycles. The van der Waals surface area contributed by atoms with E-state index in [0.717, 1.165) is 16.9 Å². The molecule has 1 aromatic heterocycles. The van der Waals surface area contributed by atoms with E-state index in [1.54, 1.807) is 24.4 Å². The maximum absolute atomic E-state index is 13.5. The van der Waals surface area contributed by atoms with Gasteiger partial charge in [0.25, 0.3) is 0 Å². The van der Waals surface area contributed by atoms with Gasteiger partial charge >= 0.3 is 0 Å². The predicted molar refractivity (Wildman–Crippen MR) is 91.7 cm³/mol. The fourth-order valence-corrected chi connectivity index (χ4v) is 2.67. The molecule has 3 aromatic rings. The van der Waals surface area contributed by atoms with Crippen LogP contribution in [0.25, 0.3) is 0 Å². The van der Waals surface area contributed by atoms with Crippen molar-refractivity contribution in [3.63, 3.8) is 0 Å². The van der Waals surface area contributed by atoms with Crippen LogP contribution in [-0.2, 0) is 19.6 Å². The van der Waals surface area contributed by atoms with Crippen LogP contribution in [0.1, 0.15) is 28.3 Å². The van der Waals surface area contributed by atoms with Gasteiger partial charge in [-0.3, -0.25) is 4.90 Å². The predicted octanol–water partition coefficient (Wildman–Crippen LogP) is 4.20. The lowest BCUT2D eigenvalue weighted by molar-refractivity contribution is 0.220. The first kappa shape index (κ1) is 16.9. The Balaban J connectivity index is 1.78. The molecule has 3 rings (SSSR count). The summed E-state index contributed by atoms with van der Waals surface area (Å²) in [5.41, 5.74) is 2.58. The number of nitrogens with zero attached hydrogens (tertiary/aromatic N) is 3. The highest BCUT2D eigenvalue weighted by Crippen LogP contribution is 2.15. The average Bonchev–Trinajstić information content (AvgIpc) is 3.00. The average molecular weight is 335 g/mol. The minimum atomic E-state index is -0.247. The molecule has 0 aliphatic heterocycles. The Hall–Kier alpha value is -2.97. The van der Waals surface area contributed by atoms with E-state index < -0.39 is 0 Å². The van der Waals surface area contributed by atoms with Crippen molar-refractivity contribution in [1.29, 1.82) is 5.26 Å². The van der Waals surface area contributed by atoms with Crippen LogP contribution in [0.15, 0.2) is 59.1 Å². The summed E-state index contributed by atoms with van der Waals surface area (Å²) < 4.78 is 19.1. The number of aromatic nitrogens is 1. The largest absolute Gasteiger partial charge is 0.445 e. The number of halogens is 1. The molecule has 0 bridgehead atoms. The van der Waals surface area contributed by atoms with E-state index in [-0.39, 0.29) is 5.82 Å². The standard InChI is InChI=1S/C20H18FN3O/c1-15-11-23-20(25-15)14-24(13-18-3-2-4-19(21)9-18)12-17-7-5-16(10-22)6-8-17/h2-9,11H,12-14H2,1H3. The summed E-state index contributed by atoms with van der Waals surface area (Å²) in [6.07, 6.45) is 1.69. The van der Waals surface area contributed by atoms with Crippen LogP contribution >= 0.6 is 0 Å². The molecule has 2 aromatic carbocycles. The van der Waals surface area contributed by atoms with Gasteiger partial charge in [0.15, 0.2) is 0 Å². The van der Waals surface area contributed by atoms with E-state index in [0.29, 0.717) is 31.1 Å². The summed E-state index contributed by atoms with van der Waals surface area (Å²) in [6, 6.07) is 16.1. The molecule has 0 atom stereocenters. The Labute approximate surface area is 146 Å². The Morgan fingerprint density at radius 3 is 2.48 bits per heavy atom. The number of oxazole rings is 1. The maximum atomic E-state index is 13.5. The molecule has 0 spiro atoms. The minimum Gasteiger partial charge on any atom is -0.445 e. The molecule has 0 radical (unpaired) electrons. The van der Waals surface area contributed by atoms with Crippen LogP contribution in [0.2, 0.25) is 0 Å². The Morgan fingerprint density at radius 1 is 1.08 bits per heavy atom. The Bertz CT molecular complexity index is 880. The number of rotatable bonds is 6. The van der Waals surface area contributed by atoms with Crippen molar-refractivity contribution >= 4 is 0 Å². The molecule has 0 fully saturated rings. The minimum absolute atomic E-state index is 0.247. The molecular weight excluding hydrogens is 317 g/mol. The second-order valence-corrected chi connectivity index (χ2v) is 5.95. The van der Waals surface area contributed by atoms with Crippen LogP contribution in [0, 0.1) is 24.1 Å². The highest BCUT2D eigenvalue weighted by molar-refractivity contribution is 5.31. The molecule has 0 amide bonds. The lowest BCUT2D eigenvalue weighted by Crippen LogP contribution is -2.22. The van der Waals surface area contributed by atoms with Crippen LogP contribution < -0.4 is 0 Å². The Morgan fingerprint density at radius 2 is 1.84 bits per heavy atom. The van der Waals surface area contributed by atoms with Crippen molar-refractivity contribution in [3.05, 3.63) is 88.9 Å². The molecule has 0 aliphatic rings. The number of benzene rings is 2. The fraction of sp³-hybridized carbons (Fsp3) is 0.200. The molecular formula is C20H18FN3O. The van der Waals surface area contributed by atoms with Crippen molar-refractivity contribution in [1.82, 2.24) is 9.88 Å². The first-order valence-electron chi connectivity index (χ1n) is 7.99. The molecule has 0 unspecified atom stereocenters. The van der Waals surface area contributed by atoms with E-state index in [9.17, 15) is 4.39 Å². The summed E-state index contributed by atoms with van der Waals surface area (Å²) >= 11 is 0. The van der Waals surface area contributed by atoms with Gasteiger partial charge in [-0.15, -0.1) is 0 Å². The molecule has 1 heterocycles. The molecule has 5 heteroatoms. The van der Waals surface area contributed by atoms with E-state index in [1.807, 2.05) is 25.1 Å². The van der Waals surface area contributed by atoms with Gasteiger partial charge in [-0.05, 0) is 42.3 Å². The zero-order chi connectivity index (χ0) is 17.6. The monoisotopic (exact) mass is 335 g/mol. The second-order valence-electron chi connectivity index (χ2n) is 5.95. The van der Waals surface area contributed by atoms with E-state index >= 15 is 0 Å². The normalized spacial score (nSPS) is 10.8. The van der Waals surface area contributed by atoms with Gasteiger partial charge in [0.1, 0.15) is 11.6 Å². The van der Waals surface area contributed by atoms with Crippen LogP contribution in [0.5, 0.6) is 0 Å². The highest BCUT2D eigenvalue weighted by atomic mass is 19.1. The molecule has 4 nitrogen and oxygen atoms in total. The summed E-state index contributed by atoms with van der Waals surface area (Å²) in [5.74, 6) is 1.14. The zero-order valence-electron chi connectivity index (χ0n) is 13.9. The van der Waals surface area contributed by atoms with Crippen molar-refractivity contribution in [3.8, 4) is 6.07 Å². The van der Waals surface area contributed by atoms with E-state index in [4.69, 9.17) is 9.68 Å². The van der Waals surface area contributed by atoms with Gasteiger partial charge in [-0.25, -0.2) is 9.37 Å². The topological polar surface area (TPSA) is 53.1 Å². The van der Waals surface area contributed by atoms with Gasteiger partial charge in [0.2, 0.25) is 5.89 Å². The SMILES string of the molecule is Cc1cnc(CN(Cc2ccc(C#N)cc2)Cc2cccc(F)c2)o1. The van der Waals surface area contributed by atoms with Crippen LogP contribution in [0.4, 0.5) is 4.39 Å². The molecule has 0 saturated carbocycles. The van der Waals surface area contributed by atoms with Gasteiger partial charge in [-0.1, -0.05) is 24.3 Å². The van der Waals surface area contributed by atoms with E-state index in [1.165, 1.54) is 12.1 Å². The third-order valence-electron chi connectivity index (χ3n) is 3.81. The summed E-state index contributed by atoms with van der Waals surface area (Å²) in [4.78, 5) is 6.38. The summed E-state index contributed by atoms with van der Waals surface area (Å²) in [5, 5.41) is 8.91. The second kappa shape index (κ2) is 7.73. The lowest BCUT2D eigenvalue weighted by atomic mass is 10.1. The molecule has 0 N–H and O–H groups in total. The number of nitriles is 1. The summed E-state index contributed by atoms with van der Waals surface area (Å²) in [7, 11) is 0. The first-order chi connectivity index (χ1) is 12.1. The third-order valence-corrected chi connectivity index (χ3v) is 3.81. The quantitative estimate of drug-likeness (QED) is 0.677. The van der Waals surface area contributed by atoms with Gasteiger partial charge in [-0.2, -0.15) is 5.26 Å². The highest BCUT2D eigenvalue weighted by Gasteiger charge is 2.12. The van der Waals surface area contributed by atoms with Gasteiger partial charge in [0, 0.05) is 13.1 Å². The van der Waals surface area contributed by atoms with E-state index in [2.05, 4.69) is 16.0 Å². The van der Waals surface area contributed by atoms with Crippen molar-refractivity contribution in [2.75, 3.05) is 0 Å². The molecule has 0 saturated heterocycles. The summed E-state index contributed by atoms with van der Waals surface area (Å²) in [6.45, 7) is 3.58. The van der Waals surface area contributed by atoms with Crippen molar-refractivity contribution < 1.29 is 8.81 Å². The van der Waals surface area contributed by atoms with Gasteiger partial charge in [0.05, 0.1) is 24.4 Å². The Kier molecular flexibility index (Phi) is 5.22. The van der Waals surface area contributed by atoms with Crippen LogP contribution in [0.3, 0.4) is 0 Å². The molecule has 126 valence electrons.